The second kappa shape index (κ2) is 14.4. The molecule has 1 aliphatic heterocycles. The van der Waals surface area contributed by atoms with E-state index in [9.17, 15) is 31.8 Å². The topological polar surface area (TPSA) is 167 Å². The number of phenolic OH excluding ortho intramolecular Hbond substituents is 1. The number of phenols is 1. The largest absolute Gasteiger partial charge is 0.506 e. The Morgan fingerprint density at radius 2 is 1.72 bits per heavy atom. The van der Waals surface area contributed by atoms with Crippen LogP contribution in [0.5, 0.6) is 5.75 Å². The molecule has 0 amide bonds. The van der Waals surface area contributed by atoms with Crippen molar-refractivity contribution < 1.29 is 36.6 Å². The monoisotopic (exact) mass is 684 g/mol. The van der Waals surface area contributed by atoms with Crippen molar-refractivity contribution in [2.45, 2.75) is 37.2 Å². The minimum atomic E-state index is -3.70. The van der Waals surface area contributed by atoms with Gasteiger partial charge in [0.15, 0.2) is 0 Å². The number of aliphatic hydroxyl groups excluding tert-OH is 1. The number of rotatable bonds is 13. The molecule has 3 aromatic carbocycles. The predicted molar refractivity (Wildman–Crippen MR) is 179 cm³/mol. The van der Waals surface area contributed by atoms with Gasteiger partial charge in [0.1, 0.15) is 5.75 Å². The van der Waals surface area contributed by atoms with Crippen LogP contribution in [0.15, 0.2) is 77.8 Å². The Morgan fingerprint density at radius 3 is 2.40 bits per heavy atom. The third-order valence-corrected chi connectivity index (χ3v) is 10.7. The van der Waals surface area contributed by atoms with E-state index in [4.69, 9.17) is 4.74 Å². The van der Waals surface area contributed by atoms with E-state index in [1.165, 1.54) is 22.5 Å². The van der Waals surface area contributed by atoms with Gasteiger partial charge in [0, 0.05) is 36.9 Å². The molecule has 1 saturated heterocycles. The zero-order valence-electron chi connectivity index (χ0n) is 26.3. The fraction of sp³-hybridized carbons (Fsp3) is 0.364. The van der Waals surface area contributed by atoms with Crippen LogP contribution in [0.1, 0.15) is 37.0 Å². The summed E-state index contributed by atoms with van der Waals surface area (Å²) < 4.78 is 60.9. The molecule has 1 aliphatic rings. The first-order valence-electron chi connectivity index (χ1n) is 15.4. The van der Waals surface area contributed by atoms with Crippen molar-refractivity contribution in [1.29, 1.82) is 0 Å². The van der Waals surface area contributed by atoms with Gasteiger partial charge in [-0.3, -0.25) is 9.52 Å². The van der Waals surface area contributed by atoms with Crippen LogP contribution in [-0.2, 0) is 36.0 Å². The lowest BCUT2D eigenvalue weighted by Crippen LogP contribution is -2.41. The first-order valence-corrected chi connectivity index (χ1v) is 18.7. The van der Waals surface area contributed by atoms with Crippen molar-refractivity contribution in [3.8, 4) is 11.4 Å². The van der Waals surface area contributed by atoms with E-state index in [0.717, 1.165) is 28.4 Å². The number of carbonyl (C=O) groups excluding carboxylic acids is 1. The van der Waals surface area contributed by atoms with Crippen LogP contribution in [0.4, 0.5) is 5.69 Å². The lowest BCUT2D eigenvalue weighted by molar-refractivity contribution is -0.142. The number of carbonyl (C=O) groups is 1. The average Bonchev–Trinajstić information content (AvgIpc) is 3.40. The Balaban J connectivity index is 1.16. The number of aromatic hydroxyl groups is 1. The molecule has 5 rings (SSSR count). The van der Waals surface area contributed by atoms with Gasteiger partial charge in [0.2, 0.25) is 20.0 Å². The molecule has 4 N–H and O–H groups in total. The van der Waals surface area contributed by atoms with Gasteiger partial charge in [-0.05, 0) is 85.8 Å². The van der Waals surface area contributed by atoms with Crippen LogP contribution in [-0.4, -0.2) is 80.9 Å². The van der Waals surface area contributed by atoms with Crippen molar-refractivity contribution in [3.63, 3.8) is 0 Å². The molecule has 14 heteroatoms. The van der Waals surface area contributed by atoms with Crippen molar-refractivity contribution in [1.82, 2.24) is 14.2 Å². The zero-order valence-corrected chi connectivity index (χ0v) is 27.9. The molecule has 0 saturated carbocycles. The molecular weight excluding hydrogens is 645 g/mol. The van der Waals surface area contributed by atoms with Crippen molar-refractivity contribution in [3.05, 3.63) is 84.1 Å². The number of ether oxygens (including phenoxy) is 1. The highest BCUT2D eigenvalue weighted by atomic mass is 32.2. The summed E-state index contributed by atoms with van der Waals surface area (Å²) in [6, 6.07) is 18.7. The van der Waals surface area contributed by atoms with E-state index in [-0.39, 0.29) is 41.2 Å². The molecule has 1 aromatic heterocycles. The normalized spacial score (nSPS) is 15.5. The highest BCUT2D eigenvalue weighted by Crippen LogP contribution is 2.30. The number of nitrogens with zero attached hydrogens (tertiary/aromatic N) is 2. The lowest BCUT2D eigenvalue weighted by Gasteiger charge is -2.31. The minimum Gasteiger partial charge on any atom is -0.506 e. The van der Waals surface area contributed by atoms with Gasteiger partial charge in [0.05, 0.1) is 41.5 Å². The molecule has 0 radical (unpaired) electrons. The van der Waals surface area contributed by atoms with E-state index < -0.39 is 26.2 Å². The molecule has 1 atom stereocenters. The molecule has 12 nitrogen and oxygen atoms in total. The van der Waals surface area contributed by atoms with Crippen LogP contribution in [0, 0.1) is 5.92 Å². The molecule has 0 aliphatic carbocycles. The van der Waals surface area contributed by atoms with Crippen LogP contribution in [0.3, 0.4) is 0 Å². The summed E-state index contributed by atoms with van der Waals surface area (Å²) >= 11 is 0. The van der Waals surface area contributed by atoms with E-state index in [1.807, 2.05) is 35.0 Å². The number of anilines is 1. The summed E-state index contributed by atoms with van der Waals surface area (Å²) in [5, 5.41) is 24.7. The van der Waals surface area contributed by atoms with Crippen molar-refractivity contribution in [2.75, 3.05) is 43.8 Å². The molecule has 47 heavy (non-hydrogen) atoms. The fourth-order valence-electron chi connectivity index (χ4n) is 5.84. The van der Waals surface area contributed by atoms with Gasteiger partial charge in [-0.2, -0.15) is 4.31 Å². The second-order valence-electron chi connectivity index (χ2n) is 11.7. The Kier molecular flexibility index (Phi) is 10.6. The van der Waals surface area contributed by atoms with Gasteiger partial charge in [-0.15, -0.1) is 0 Å². The number of hydrogen-bond donors (Lipinski definition) is 4. The van der Waals surface area contributed by atoms with Crippen LogP contribution >= 0.6 is 0 Å². The molecule has 252 valence electrons. The second-order valence-corrected chi connectivity index (χ2v) is 15.4. The van der Waals surface area contributed by atoms with E-state index in [0.29, 0.717) is 44.6 Å². The molecule has 2 heterocycles. The summed E-state index contributed by atoms with van der Waals surface area (Å²) in [6.45, 7) is 3.61. The maximum atomic E-state index is 13.5. The average molecular weight is 685 g/mol. The quantitative estimate of drug-likeness (QED) is 0.122. The van der Waals surface area contributed by atoms with E-state index in [2.05, 4.69) is 10.0 Å². The fourth-order valence-corrected chi connectivity index (χ4v) is 7.87. The summed E-state index contributed by atoms with van der Waals surface area (Å²) in [5.74, 6) is -0.333. The third-order valence-electron chi connectivity index (χ3n) is 8.23. The zero-order chi connectivity index (χ0) is 33.8. The van der Waals surface area contributed by atoms with E-state index in [1.54, 1.807) is 31.2 Å². The lowest BCUT2D eigenvalue weighted by atomic mass is 9.98. The number of benzene rings is 3. The summed E-state index contributed by atoms with van der Waals surface area (Å²) in [7, 11) is -7.30. The molecule has 0 bridgehead atoms. The number of nitrogens with one attached hydrogen (secondary N) is 2. The first kappa shape index (κ1) is 34.4. The molecule has 4 aromatic rings. The van der Waals surface area contributed by atoms with Gasteiger partial charge >= 0.3 is 5.97 Å². The molecular formula is C33H40N4O8S2. The summed E-state index contributed by atoms with van der Waals surface area (Å²) in [4.78, 5) is 12.4. The van der Waals surface area contributed by atoms with Crippen LogP contribution < -0.4 is 10.0 Å². The first-order chi connectivity index (χ1) is 22.4. The number of hydrogen-bond acceptors (Lipinski definition) is 9. The van der Waals surface area contributed by atoms with Gasteiger partial charge < -0.3 is 24.8 Å². The number of fused-ring (bicyclic) bond motifs is 1. The highest BCUT2D eigenvalue weighted by Gasteiger charge is 2.29. The third kappa shape index (κ3) is 8.32. The van der Waals surface area contributed by atoms with Crippen molar-refractivity contribution in [2.24, 2.45) is 5.92 Å². The van der Waals surface area contributed by atoms with E-state index >= 15 is 0 Å². The number of esters is 1. The Bertz CT molecular complexity index is 1930. The minimum absolute atomic E-state index is 0.00865. The van der Waals surface area contributed by atoms with Crippen LogP contribution in [0.25, 0.3) is 16.6 Å². The molecule has 0 spiro atoms. The summed E-state index contributed by atoms with van der Waals surface area (Å²) in [6.07, 6.45) is 3.38. The number of para-hydroxylation sites is 1. The molecule has 1 fully saturated rings. The summed E-state index contributed by atoms with van der Waals surface area (Å²) in [5.41, 5.74) is 2.94. The maximum absolute atomic E-state index is 13.5. The number of sulfonamides is 2. The SMILES string of the molecule is CCOC(=O)Cc1cn(-c2ccc(S(=O)(=O)N3CCC(CNCC(O)c4ccc(O)c(NS(C)(=O)=O)c4)CC3)cc2)c2ccccc12. The predicted octanol–water partition coefficient (Wildman–Crippen LogP) is 3.54. The standard InChI is InChI=1S/C33H40N4O8S2/c1-3-45-33(40)19-25-22-37(30-7-5-4-6-28(25)30)26-9-11-27(12-10-26)47(43,44)36-16-14-23(15-17-36)20-34-21-32(39)24-8-13-31(38)29(18-24)35-46(2,41)42/h4-13,18,22-23,32,34-35,38-39H,3,14-17,19-21H2,1-2H3. The van der Waals surface area contributed by atoms with Crippen molar-refractivity contribution >= 4 is 42.6 Å². The highest BCUT2D eigenvalue weighted by molar-refractivity contribution is 7.92. The smallest absolute Gasteiger partial charge is 0.310 e. The molecule has 1 unspecified atom stereocenters. The van der Waals surface area contributed by atoms with Gasteiger partial charge in [0.25, 0.3) is 0 Å². The van der Waals surface area contributed by atoms with Gasteiger partial charge in [-0.25, -0.2) is 16.8 Å². The van der Waals surface area contributed by atoms with Crippen LogP contribution in [0.2, 0.25) is 0 Å². The number of piperidine rings is 1. The maximum Gasteiger partial charge on any atom is 0.310 e. The Labute approximate surface area is 275 Å². The number of aromatic nitrogens is 1. The van der Waals surface area contributed by atoms with Gasteiger partial charge in [-0.1, -0.05) is 24.3 Å². The Morgan fingerprint density at radius 1 is 1.02 bits per heavy atom. The Hall–Kier alpha value is -3.95. The number of aliphatic hydroxyl groups is 1.